The van der Waals surface area contributed by atoms with Gasteiger partial charge in [0, 0.05) is 29.9 Å². The van der Waals surface area contributed by atoms with Crippen LogP contribution in [0, 0.1) is 20.8 Å². The average Bonchev–Trinajstić information content (AvgIpc) is 2.63. The fourth-order valence-corrected chi connectivity index (χ4v) is 3.08. The van der Waals surface area contributed by atoms with Gasteiger partial charge in [-0.3, -0.25) is 4.98 Å². The molecule has 0 saturated heterocycles. The standard InChI is InChI=1S/C21H23ClN4O/c1-13-6-5-7-20(26(4)23)18(13)12-27-21-14(2)10-17(15(3)25-21)19-9-8-16(22)11-24-19/h5-11H,12,23H2,1-4H3. The van der Waals surface area contributed by atoms with Crippen molar-refractivity contribution in [2.24, 2.45) is 5.84 Å². The lowest BCUT2D eigenvalue weighted by Crippen LogP contribution is -2.26. The monoisotopic (exact) mass is 382 g/mol. The third-order valence-corrected chi connectivity index (χ3v) is 4.70. The number of halogens is 1. The summed E-state index contributed by atoms with van der Waals surface area (Å²) in [5.41, 5.74) is 6.71. The van der Waals surface area contributed by atoms with Gasteiger partial charge >= 0.3 is 0 Å². The van der Waals surface area contributed by atoms with Gasteiger partial charge in [-0.15, -0.1) is 0 Å². The van der Waals surface area contributed by atoms with Crippen molar-refractivity contribution in [1.29, 1.82) is 0 Å². The highest BCUT2D eigenvalue weighted by molar-refractivity contribution is 6.30. The van der Waals surface area contributed by atoms with Crippen LogP contribution in [-0.2, 0) is 6.61 Å². The Hall–Kier alpha value is -2.63. The molecule has 3 aromatic rings. The largest absolute Gasteiger partial charge is 0.473 e. The molecule has 2 aromatic heterocycles. The zero-order valence-electron chi connectivity index (χ0n) is 16.0. The van der Waals surface area contributed by atoms with Crippen molar-refractivity contribution in [3.05, 3.63) is 70.0 Å². The second-order valence-electron chi connectivity index (χ2n) is 6.58. The number of hydrogen-bond acceptors (Lipinski definition) is 5. The van der Waals surface area contributed by atoms with E-state index in [0.29, 0.717) is 17.5 Å². The van der Waals surface area contributed by atoms with Crippen LogP contribution < -0.4 is 15.6 Å². The van der Waals surface area contributed by atoms with Crippen molar-refractivity contribution in [3.8, 4) is 17.1 Å². The van der Waals surface area contributed by atoms with Gasteiger partial charge in [-0.1, -0.05) is 23.7 Å². The van der Waals surface area contributed by atoms with Crippen LogP contribution in [0.15, 0.2) is 42.6 Å². The van der Waals surface area contributed by atoms with Gasteiger partial charge in [-0.2, -0.15) is 0 Å². The lowest BCUT2D eigenvalue weighted by atomic mass is 10.1. The van der Waals surface area contributed by atoms with Gasteiger partial charge in [0.05, 0.1) is 22.1 Å². The minimum absolute atomic E-state index is 0.398. The number of benzene rings is 1. The maximum atomic E-state index is 6.05. The smallest absolute Gasteiger partial charge is 0.216 e. The van der Waals surface area contributed by atoms with Gasteiger partial charge in [0.15, 0.2) is 0 Å². The molecule has 0 unspecified atom stereocenters. The van der Waals surface area contributed by atoms with Crippen molar-refractivity contribution < 1.29 is 4.74 Å². The van der Waals surface area contributed by atoms with Gasteiger partial charge in [0.25, 0.3) is 0 Å². The van der Waals surface area contributed by atoms with Gasteiger partial charge in [-0.25, -0.2) is 10.8 Å². The molecule has 0 saturated carbocycles. The second kappa shape index (κ2) is 7.94. The SMILES string of the molecule is Cc1cc(-c2ccc(Cl)cn2)c(C)nc1OCc1c(C)cccc1N(C)N. The summed E-state index contributed by atoms with van der Waals surface area (Å²) in [7, 11) is 1.82. The van der Waals surface area contributed by atoms with Crippen LogP contribution in [0.2, 0.25) is 5.02 Å². The molecule has 5 nitrogen and oxygen atoms in total. The summed E-state index contributed by atoms with van der Waals surface area (Å²) in [6, 6.07) is 11.8. The highest BCUT2D eigenvalue weighted by atomic mass is 35.5. The molecule has 1 aromatic carbocycles. The first-order valence-corrected chi connectivity index (χ1v) is 9.04. The van der Waals surface area contributed by atoms with Crippen LogP contribution in [0.25, 0.3) is 11.3 Å². The van der Waals surface area contributed by atoms with Crippen LogP contribution in [0.1, 0.15) is 22.4 Å². The number of nitrogens with two attached hydrogens (primary N) is 1. The van der Waals surface area contributed by atoms with Gasteiger partial charge < -0.3 is 9.75 Å². The number of hydrogen-bond donors (Lipinski definition) is 1. The number of pyridine rings is 2. The van der Waals surface area contributed by atoms with Crippen molar-refractivity contribution in [1.82, 2.24) is 9.97 Å². The molecule has 6 heteroatoms. The van der Waals surface area contributed by atoms with Crippen molar-refractivity contribution in [2.75, 3.05) is 12.1 Å². The molecule has 27 heavy (non-hydrogen) atoms. The van der Waals surface area contributed by atoms with Crippen LogP contribution in [0.3, 0.4) is 0 Å². The van der Waals surface area contributed by atoms with Gasteiger partial charge in [0.1, 0.15) is 6.61 Å². The lowest BCUT2D eigenvalue weighted by Gasteiger charge is -2.19. The first kappa shape index (κ1) is 19.1. The van der Waals surface area contributed by atoms with E-state index in [1.807, 2.05) is 64.2 Å². The molecule has 3 rings (SSSR count). The highest BCUT2D eigenvalue weighted by Crippen LogP contribution is 2.28. The number of hydrazine groups is 1. The predicted octanol–water partition coefficient (Wildman–Crippen LogP) is 4.61. The minimum Gasteiger partial charge on any atom is -0.473 e. The lowest BCUT2D eigenvalue weighted by molar-refractivity contribution is 0.290. The quantitative estimate of drug-likeness (QED) is 0.515. The molecule has 0 aliphatic rings. The van der Waals surface area contributed by atoms with Crippen LogP contribution in [-0.4, -0.2) is 17.0 Å². The van der Waals surface area contributed by atoms with Crippen LogP contribution in [0.5, 0.6) is 5.88 Å². The Morgan fingerprint density at radius 3 is 2.56 bits per heavy atom. The van der Waals surface area contributed by atoms with E-state index in [-0.39, 0.29) is 0 Å². The summed E-state index contributed by atoms with van der Waals surface area (Å²) in [5, 5.41) is 2.21. The Balaban J connectivity index is 1.87. The van der Waals surface area contributed by atoms with E-state index in [0.717, 1.165) is 39.3 Å². The number of rotatable bonds is 5. The van der Waals surface area contributed by atoms with Gasteiger partial charge in [0.2, 0.25) is 5.88 Å². The fraction of sp³-hybridized carbons (Fsp3) is 0.238. The Morgan fingerprint density at radius 2 is 1.89 bits per heavy atom. The summed E-state index contributed by atoms with van der Waals surface area (Å²) in [6.45, 7) is 6.38. The summed E-state index contributed by atoms with van der Waals surface area (Å²) in [4.78, 5) is 9.03. The summed E-state index contributed by atoms with van der Waals surface area (Å²) in [6.07, 6.45) is 1.64. The Kier molecular flexibility index (Phi) is 5.63. The molecule has 0 radical (unpaired) electrons. The Labute approximate surface area is 164 Å². The van der Waals surface area contributed by atoms with E-state index in [2.05, 4.69) is 9.97 Å². The Bertz CT molecular complexity index is 955. The minimum atomic E-state index is 0.398. The molecular weight excluding hydrogens is 360 g/mol. The third-order valence-electron chi connectivity index (χ3n) is 4.48. The van der Waals surface area contributed by atoms with Crippen LogP contribution in [0.4, 0.5) is 5.69 Å². The normalized spacial score (nSPS) is 10.7. The molecule has 0 bridgehead atoms. The molecule has 0 aliphatic carbocycles. The topological polar surface area (TPSA) is 64.3 Å². The molecule has 140 valence electrons. The molecule has 2 heterocycles. The number of aryl methyl sites for hydroxylation is 3. The molecule has 0 spiro atoms. The molecule has 2 N–H and O–H groups in total. The van der Waals surface area contributed by atoms with E-state index in [1.165, 1.54) is 0 Å². The zero-order chi connectivity index (χ0) is 19.6. The first-order valence-electron chi connectivity index (χ1n) is 8.66. The molecular formula is C21H23ClN4O. The number of nitrogens with zero attached hydrogens (tertiary/aromatic N) is 3. The molecule has 0 aliphatic heterocycles. The average molecular weight is 383 g/mol. The zero-order valence-corrected chi connectivity index (χ0v) is 16.7. The molecule has 0 fully saturated rings. The van der Waals surface area contributed by atoms with E-state index in [1.54, 1.807) is 11.2 Å². The van der Waals surface area contributed by atoms with Gasteiger partial charge in [-0.05, 0) is 50.6 Å². The van der Waals surface area contributed by atoms with E-state index < -0.39 is 0 Å². The first-order chi connectivity index (χ1) is 12.9. The number of anilines is 1. The Morgan fingerprint density at radius 1 is 1.11 bits per heavy atom. The summed E-state index contributed by atoms with van der Waals surface area (Å²) < 4.78 is 6.05. The van der Waals surface area contributed by atoms with E-state index in [4.69, 9.17) is 22.2 Å². The maximum absolute atomic E-state index is 6.05. The van der Waals surface area contributed by atoms with Crippen molar-refractivity contribution in [2.45, 2.75) is 27.4 Å². The second-order valence-corrected chi connectivity index (χ2v) is 7.01. The van der Waals surface area contributed by atoms with Crippen molar-refractivity contribution in [3.63, 3.8) is 0 Å². The third kappa shape index (κ3) is 4.21. The molecule has 0 amide bonds. The number of aromatic nitrogens is 2. The van der Waals surface area contributed by atoms with E-state index in [9.17, 15) is 0 Å². The summed E-state index contributed by atoms with van der Waals surface area (Å²) in [5.74, 6) is 6.56. The molecule has 0 atom stereocenters. The summed E-state index contributed by atoms with van der Waals surface area (Å²) >= 11 is 5.93. The predicted molar refractivity (Wildman–Crippen MR) is 110 cm³/mol. The maximum Gasteiger partial charge on any atom is 0.216 e. The number of ether oxygens (including phenoxy) is 1. The highest BCUT2D eigenvalue weighted by Gasteiger charge is 2.13. The fourth-order valence-electron chi connectivity index (χ4n) is 2.97. The van der Waals surface area contributed by atoms with Crippen molar-refractivity contribution >= 4 is 17.3 Å². The van der Waals surface area contributed by atoms with E-state index >= 15 is 0 Å². The van der Waals surface area contributed by atoms with Crippen LogP contribution >= 0.6 is 11.6 Å².